The fourth-order valence-corrected chi connectivity index (χ4v) is 6.83. The molecule has 3 aliphatic rings. The lowest BCUT2D eigenvalue weighted by atomic mass is 9.98. The number of carbonyl (C=O) groups excluding carboxylic acids is 2. The summed E-state index contributed by atoms with van der Waals surface area (Å²) in [6, 6.07) is 0. The molecule has 1 aromatic heterocycles. The maximum Gasteiger partial charge on any atom is 0.246 e. The van der Waals surface area contributed by atoms with Gasteiger partial charge in [0, 0.05) is 39.3 Å². The van der Waals surface area contributed by atoms with Gasteiger partial charge in [-0.25, -0.2) is 8.42 Å². The molecule has 4 heterocycles. The molecule has 4 rings (SSSR count). The number of rotatable bonds is 5. The second kappa shape index (κ2) is 9.48. The van der Waals surface area contributed by atoms with E-state index < -0.39 is 10.0 Å². The Morgan fingerprint density at radius 3 is 2.38 bits per heavy atom. The predicted molar refractivity (Wildman–Crippen MR) is 116 cm³/mol. The van der Waals surface area contributed by atoms with Gasteiger partial charge < -0.3 is 14.5 Å². The Morgan fingerprint density at radius 2 is 1.69 bits per heavy atom. The predicted octanol–water partition coefficient (Wildman–Crippen LogP) is 0.382. The van der Waals surface area contributed by atoms with Gasteiger partial charge in [0.2, 0.25) is 21.8 Å². The molecule has 1 unspecified atom stereocenters. The van der Waals surface area contributed by atoms with Gasteiger partial charge in [-0.2, -0.15) is 9.40 Å². The molecule has 0 radical (unpaired) electrons. The molecule has 1 atom stereocenters. The highest BCUT2D eigenvalue weighted by Crippen LogP contribution is 2.29. The van der Waals surface area contributed by atoms with Crippen molar-refractivity contribution in [1.82, 2.24) is 23.9 Å². The minimum atomic E-state index is -3.82. The van der Waals surface area contributed by atoms with Gasteiger partial charge in [-0.05, 0) is 39.5 Å². The van der Waals surface area contributed by atoms with E-state index in [9.17, 15) is 18.0 Å². The minimum Gasteiger partial charge on any atom is -0.378 e. The van der Waals surface area contributed by atoms with Gasteiger partial charge in [0.1, 0.15) is 11.4 Å². The standard InChI is InChI=1S/C21H33N5O5S/c1-16-20(17(2)26(22-16)15-19(27)23-7-3-4-8-23)32(29,30)25-9-5-6-18(14-25)21(28)24-10-12-31-13-11-24/h18H,3-15H2,1-2H3. The lowest BCUT2D eigenvalue weighted by Crippen LogP contribution is -2.49. The van der Waals surface area contributed by atoms with Crippen LogP contribution in [-0.2, 0) is 30.9 Å². The topological polar surface area (TPSA) is 105 Å². The van der Waals surface area contributed by atoms with Crippen molar-refractivity contribution in [2.45, 2.75) is 51.0 Å². The second-order valence-corrected chi connectivity index (χ2v) is 10.8. The monoisotopic (exact) mass is 467 g/mol. The highest BCUT2D eigenvalue weighted by atomic mass is 32.2. The van der Waals surface area contributed by atoms with E-state index >= 15 is 0 Å². The van der Waals surface area contributed by atoms with Gasteiger partial charge in [0.25, 0.3) is 0 Å². The maximum atomic E-state index is 13.6. The minimum absolute atomic E-state index is 0.00792. The molecule has 32 heavy (non-hydrogen) atoms. The fourth-order valence-electron chi connectivity index (χ4n) is 4.94. The van der Waals surface area contributed by atoms with Crippen LogP contribution in [0.3, 0.4) is 0 Å². The van der Waals surface area contributed by atoms with Crippen LogP contribution in [0.25, 0.3) is 0 Å². The number of aryl methyl sites for hydroxylation is 1. The highest BCUT2D eigenvalue weighted by molar-refractivity contribution is 7.89. The SMILES string of the molecule is Cc1nn(CC(=O)N2CCCC2)c(C)c1S(=O)(=O)N1CCCC(C(=O)N2CCOCC2)C1. The first-order chi connectivity index (χ1) is 15.3. The number of carbonyl (C=O) groups is 2. The third kappa shape index (κ3) is 4.55. The number of aromatic nitrogens is 2. The molecular weight excluding hydrogens is 434 g/mol. The number of ether oxygens (including phenoxy) is 1. The van der Waals surface area contributed by atoms with E-state index in [1.54, 1.807) is 23.6 Å². The normalized spacial score (nSPS) is 23.0. The lowest BCUT2D eigenvalue weighted by molar-refractivity contribution is -0.140. The first-order valence-corrected chi connectivity index (χ1v) is 12.9. The van der Waals surface area contributed by atoms with Crippen LogP contribution in [0.2, 0.25) is 0 Å². The summed E-state index contributed by atoms with van der Waals surface area (Å²) in [5, 5.41) is 4.38. The number of sulfonamides is 1. The summed E-state index contributed by atoms with van der Waals surface area (Å²) in [6.07, 6.45) is 3.33. The van der Waals surface area contributed by atoms with Crippen molar-refractivity contribution in [2.24, 2.45) is 5.92 Å². The Morgan fingerprint density at radius 1 is 1.00 bits per heavy atom. The third-order valence-corrected chi connectivity index (χ3v) is 8.83. The smallest absolute Gasteiger partial charge is 0.246 e. The molecule has 0 bridgehead atoms. The Bertz CT molecular complexity index is 963. The average molecular weight is 468 g/mol. The van der Waals surface area contributed by atoms with Gasteiger partial charge >= 0.3 is 0 Å². The molecule has 0 spiro atoms. The van der Waals surface area contributed by atoms with Crippen molar-refractivity contribution in [1.29, 1.82) is 0 Å². The second-order valence-electron chi connectivity index (χ2n) is 8.89. The Hall–Kier alpha value is -1.98. The molecular formula is C21H33N5O5S. The first kappa shape index (κ1) is 23.2. The summed E-state index contributed by atoms with van der Waals surface area (Å²) in [6.45, 7) is 7.60. The average Bonchev–Trinajstić information content (AvgIpc) is 3.42. The molecule has 0 aliphatic carbocycles. The van der Waals surface area contributed by atoms with E-state index in [1.807, 2.05) is 0 Å². The maximum absolute atomic E-state index is 13.6. The molecule has 1 aromatic rings. The summed E-state index contributed by atoms with van der Waals surface area (Å²) in [4.78, 5) is 29.2. The van der Waals surface area contributed by atoms with Crippen LogP contribution in [0.5, 0.6) is 0 Å². The number of piperidine rings is 1. The molecule has 0 N–H and O–H groups in total. The summed E-state index contributed by atoms with van der Waals surface area (Å²) < 4.78 is 35.4. The zero-order chi connectivity index (χ0) is 22.9. The van der Waals surface area contributed by atoms with E-state index in [0.29, 0.717) is 57.1 Å². The Balaban J connectivity index is 1.50. The van der Waals surface area contributed by atoms with Crippen molar-refractivity contribution in [2.75, 3.05) is 52.5 Å². The number of hydrogen-bond acceptors (Lipinski definition) is 6. The number of likely N-dealkylation sites (tertiary alicyclic amines) is 1. The molecule has 0 saturated carbocycles. The molecule has 10 nitrogen and oxygen atoms in total. The van der Waals surface area contributed by atoms with Crippen LogP contribution >= 0.6 is 0 Å². The molecule has 178 valence electrons. The number of morpholine rings is 1. The summed E-state index contributed by atoms with van der Waals surface area (Å²) in [5.74, 6) is -0.372. The largest absolute Gasteiger partial charge is 0.378 e. The van der Waals surface area contributed by atoms with Crippen LogP contribution in [0.4, 0.5) is 0 Å². The van der Waals surface area contributed by atoms with Crippen molar-refractivity contribution in [3.8, 4) is 0 Å². The first-order valence-electron chi connectivity index (χ1n) is 11.5. The van der Waals surface area contributed by atoms with Crippen molar-refractivity contribution >= 4 is 21.8 Å². The summed E-state index contributed by atoms with van der Waals surface area (Å²) in [7, 11) is -3.82. The molecule has 0 aromatic carbocycles. The van der Waals surface area contributed by atoms with Crippen LogP contribution in [0, 0.1) is 19.8 Å². The van der Waals surface area contributed by atoms with Gasteiger partial charge in [0.05, 0.1) is 30.5 Å². The van der Waals surface area contributed by atoms with Gasteiger partial charge in [-0.15, -0.1) is 0 Å². The van der Waals surface area contributed by atoms with Crippen LogP contribution < -0.4 is 0 Å². The fraction of sp³-hybridized carbons (Fsp3) is 0.762. The number of amides is 2. The van der Waals surface area contributed by atoms with Gasteiger partial charge in [-0.3, -0.25) is 14.3 Å². The number of nitrogens with zero attached hydrogens (tertiary/aromatic N) is 5. The number of hydrogen-bond donors (Lipinski definition) is 0. The lowest BCUT2D eigenvalue weighted by Gasteiger charge is -2.35. The zero-order valence-corrected chi connectivity index (χ0v) is 19.8. The van der Waals surface area contributed by atoms with E-state index in [-0.39, 0.29) is 35.7 Å². The highest BCUT2D eigenvalue weighted by Gasteiger charge is 2.38. The molecule has 3 aliphatic heterocycles. The van der Waals surface area contributed by atoms with E-state index in [0.717, 1.165) is 25.9 Å². The van der Waals surface area contributed by atoms with E-state index in [4.69, 9.17) is 4.74 Å². The summed E-state index contributed by atoms with van der Waals surface area (Å²) in [5.41, 5.74) is 0.857. The Kier molecular flexibility index (Phi) is 6.87. The van der Waals surface area contributed by atoms with Crippen molar-refractivity contribution in [3.05, 3.63) is 11.4 Å². The molecule has 11 heteroatoms. The third-order valence-electron chi connectivity index (χ3n) is 6.71. The quantitative estimate of drug-likeness (QED) is 0.620. The van der Waals surface area contributed by atoms with Crippen LogP contribution in [0.15, 0.2) is 4.90 Å². The molecule has 3 fully saturated rings. The molecule has 3 saturated heterocycles. The van der Waals surface area contributed by atoms with Crippen LogP contribution in [-0.4, -0.2) is 96.6 Å². The molecule has 2 amide bonds. The van der Waals surface area contributed by atoms with Gasteiger partial charge in [0.15, 0.2) is 0 Å². The Labute approximate surface area is 189 Å². The van der Waals surface area contributed by atoms with Crippen molar-refractivity contribution < 1.29 is 22.7 Å². The van der Waals surface area contributed by atoms with Gasteiger partial charge in [-0.1, -0.05) is 0 Å². The van der Waals surface area contributed by atoms with Crippen LogP contribution in [0.1, 0.15) is 37.1 Å². The van der Waals surface area contributed by atoms with E-state index in [2.05, 4.69) is 5.10 Å². The summed E-state index contributed by atoms with van der Waals surface area (Å²) >= 11 is 0. The van der Waals surface area contributed by atoms with Crippen molar-refractivity contribution in [3.63, 3.8) is 0 Å². The van der Waals surface area contributed by atoms with E-state index in [1.165, 1.54) is 8.99 Å². The zero-order valence-electron chi connectivity index (χ0n) is 19.0.